The number of fused-ring (bicyclic) bond motifs is 1. The zero-order chi connectivity index (χ0) is 24.2. The molecule has 0 fully saturated rings. The molecule has 0 atom stereocenters. The molecule has 1 aromatic heterocycles. The van der Waals surface area contributed by atoms with E-state index in [2.05, 4.69) is 22.0 Å². The Morgan fingerprint density at radius 1 is 1.21 bits per heavy atom. The fourth-order valence-electron chi connectivity index (χ4n) is 3.45. The summed E-state index contributed by atoms with van der Waals surface area (Å²) in [5, 5.41) is 17.5. The van der Waals surface area contributed by atoms with Crippen molar-refractivity contribution < 1.29 is 23.0 Å². The molecular formula is C25H30F3N4O+. The Labute approximate surface area is 192 Å². The second-order valence-corrected chi connectivity index (χ2v) is 9.13. The van der Waals surface area contributed by atoms with Crippen molar-refractivity contribution in [1.29, 1.82) is 0 Å². The maximum atomic E-state index is 12.5. The quantitative estimate of drug-likeness (QED) is 0.469. The Balaban J connectivity index is 1.80. The van der Waals surface area contributed by atoms with Crippen LogP contribution in [0, 0.1) is 12.3 Å². The Bertz CT molecular complexity index is 1100. The van der Waals surface area contributed by atoms with E-state index in [9.17, 15) is 18.3 Å². The number of nitrogens with zero attached hydrogens (tertiary/aromatic N) is 3. The molecule has 2 aliphatic rings. The van der Waals surface area contributed by atoms with Gasteiger partial charge in [-0.1, -0.05) is 43.3 Å². The molecular weight excluding hydrogens is 429 g/mol. The number of hydrogen-bond donors (Lipinski definition) is 2. The monoisotopic (exact) mass is 459 g/mol. The fourth-order valence-corrected chi connectivity index (χ4v) is 3.45. The Morgan fingerprint density at radius 3 is 2.61 bits per heavy atom. The van der Waals surface area contributed by atoms with Gasteiger partial charge in [0, 0.05) is 58.8 Å². The molecule has 176 valence electrons. The minimum absolute atomic E-state index is 0.0611. The van der Waals surface area contributed by atoms with Gasteiger partial charge in [-0.2, -0.15) is 13.2 Å². The third-order valence-corrected chi connectivity index (χ3v) is 5.48. The number of aliphatic hydroxyl groups is 1. The molecule has 1 aromatic rings. The molecule has 3 rings (SSSR count). The number of alkyl halides is 3. The van der Waals surface area contributed by atoms with E-state index in [-0.39, 0.29) is 18.4 Å². The van der Waals surface area contributed by atoms with E-state index in [1.807, 2.05) is 50.4 Å². The van der Waals surface area contributed by atoms with Crippen LogP contribution in [-0.2, 0) is 13.0 Å². The third kappa shape index (κ3) is 6.74. The van der Waals surface area contributed by atoms with E-state index in [0.717, 1.165) is 33.6 Å². The summed E-state index contributed by atoms with van der Waals surface area (Å²) in [5.74, 6) is 0. The van der Waals surface area contributed by atoms with Crippen LogP contribution in [0.3, 0.4) is 0 Å². The smallest absolute Gasteiger partial charge is 0.389 e. The fraction of sp³-hybridized carbons (Fsp3) is 0.400. The molecule has 0 saturated carbocycles. The lowest BCUT2D eigenvalue weighted by atomic mass is 9.94. The summed E-state index contributed by atoms with van der Waals surface area (Å²) in [7, 11) is 0. The second kappa shape index (κ2) is 9.87. The molecule has 1 aliphatic carbocycles. The van der Waals surface area contributed by atoms with Crippen molar-refractivity contribution in [3.05, 3.63) is 71.7 Å². The van der Waals surface area contributed by atoms with Crippen LogP contribution < -0.4 is 10.00 Å². The summed E-state index contributed by atoms with van der Waals surface area (Å²) < 4.78 is 39.4. The molecule has 2 N–H and O–H groups in total. The summed E-state index contributed by atoms with van der Waals surface area (Å²) in [4.78, 5) is 4.26. The summed E-state index contributed by atoms with van der Waals surface area (Å²) in [5.41, 5.74) is 5.16. The summed E-state index contributed by atoms with van der Waals surface area (Å²) >= 11 is 0. The van der Waals surface area contributed by atoms with Gasteiger partial charge in [0.05, 0.1) is 5.56 Å². The van der Waals surface area contributed by atoms with Gasteiger partial charge in [-0.3, -0.25) is 4.98 Å². The van der Waals surface area contributed by atoms with Crippen LogP contribution in [0.15, 0.2) is 49.3 Å². The van der Waals surface area contributed by atoms with E-state index in [4.69, 9.17) is 0 Å². The van der Waals surface area contributed by atoms with Crippen LogP contribution in [0.5, 0.6) is 0 Å². The number of aryl methyl sites for hydroxylation is 2. The van der Waals surface area contributed by atoms with Crippen LogP contribution in [0.2, 0.25) is 0 Å². The summed E-state index contributed by atoms with van der Waals surface area (Å²) in [6.07, 6.45) is -1.64. The van der Waals surface area contributed by atoms with Gasteiger partial charge < -0.3 is 10.4 Å². The number of halogens is 3. The van der Waals surface area contributed by atoms with Crippen LogP contribution in [-0.4, -0.2) is 34.5 Å². The van der Waals surface area contributed by atoms with Crippen LogP contribution >= 0.6 is 0 Å². The molecule has 0 unspecified atom stereocenters. The average Bonchev–Trinajstić information content (AvgIpc) is 3.02. The molecule has 0 amide bonds. The maximum absolute atomic E-state index is 12.5. The molecule has 1 aliphatic heterocycles. The van der Waals surface area contributed by atoms with Crippen molar-refractivity contribution >= 4 is 5.70 Å². The number of pyridine rings is 1. The molecule has 33 heavy (non-hydrogen) atoms. The zero-order valence-electron chi connectivity index (χ0n) is 19.2. The predicted molar refractivity (Wildman–Crippen MR) is 121 cm³/mol. The van der Waals surface area contributed by atoms with Gasteiger partial charge in [0.2, 0.25) is 12.7 Å². The number of hydrogen-bond acceptors (Lipinski definition) is 4. The number of rotatable bonds is 9. The Hall–Kier alpha value is -3.00. The van der Waals surface area contributed by atoms with Crippen molar-refractivity contribution in [2.45, 2.75) is 46.3 Å². The normalized spacial score (nSPS) is 12.2. The SMILES string of the molecule is C=C(NCC(C)(C)CO)c1ccccc2n[n+](Cc3cnc(CCC(F)(F)F)c(C)c3)cc1-2. The van der Waals surface area contributed by atoms with Gasteiger partial charge in [0.25, 0.3) is 0 Å². The van der Waals surface area contributed by atoms with Crippen molar-refractivity contribution in [2.75, 3.05) is 13.2 Å². The predicted octanol–water partition coefficient (Wildman–Crippen LogP) is 4.30. The van der Waals surface area contributed by atoms with E-state index < -0.39 is 12.6 Å². The molecule has 0 saturated heterocycles. The van der Waals surface area contributed by atoms with Crippen molar-refractivity contribution in [2.24, 2.45) is 5.41 Å². The van der Waals surface area contributed by atoms with E-state index in [0.29, 0.717) is 18.8 Å². The standard InChI is InChI=1S/C25H30F3N4O/c1-17-11-19(12-29-22(17)9-10-25(26,27)28)13-32-14-21-20(7-5-6-8-23(21)31-32)18(2)30-15-24(3,4)16-33/h5-8,11-12,14,30,33H,2,9-10,13,15-16H2,1,3-4H3/q+1. The molecule has 0 spiro atoms. The number of nitrogens with one attached hydrogen (secondary N) is 1. The minimum atomic E-state index is -4.19. The largest absolute Gasteiger partial charge is 0.396 e. The summed E-state index contributed by atoms with van der Waals surface area (Å²) in [6.45, 7) is 11.0. The highest BCUT2D eigenvalue weighted by Crippen LogP contribution is 2.26. The maximum Gasteiger partial charge on any atom is 0.389 e. The number of aromatic nitrogens is 3. The van der Waals surface area contributed by atoms with Crippen LogP contribution in [0.1, 0.15) is 42.7 Å². The lowest BCUT2D eigenvalue weighted by molar-refractivity contribution is -0.740. The van der Waals surface area contributed by atoms with Crippen LogP contribution in [0.4, 0.5) is 13.2 Å². The van der Waals surface area contributed by atoms with Gasteiger partial charge >= 0.3 is 6.18 Å². The minimum Gasteiger partial charge on any atom is -0.396 e. The molecule has 2 heterocycles. The highest BCUT2D eigenvalue weighted by Gasteiger charge is 2.27. The lowest BCUT2D eigenvalue weighted by Gasteiger charge is -2.23. The van der Waals surface area contributed by atoms with Gasteiger partial charge in [-0.25, -0.2) is 0 Å². The third-order valence-electron chi connectivity index (χ3n) is 5.48. The Morgan fingerprint density at radius 2 is 1.94 bits per heavy atom. The first kappa shape index (κ1) is 24.6. The van der Waals surface area contributed by atoms with E-state index in [1.54, 1.807) is 17.8 Å². The van der Waals surface area contributed by atoms with E-state index in [1.165, 1.54) is 0 Å². The van der Waals surface area contributed by atoms with Crippen molar-refractivity contribution in [3.63, 3.8) is 0 Å². The number of aliphatic hydroxyl groups excluding tert-OH is 1. The molecule has 0 radical (unpaired) electrons. The first-order chi connectivity index (χ1) is 15.5. The second-order valence-electron chi connectivity index (χ2n) is 9.13. The van der Waals surface area contributed by atoms with Crippen LogP contribution in [0.25, 0.3) is 17.0 Å². The van der Waals surface area contributed by atoms with E-state index >= 15 is 0 Å². The van der Waals surface area contributed by atoms with Crippen molar-refractivity contribution in [3.8, 4) is 11.3 Å². The molecule has 0 bridgehead atoms. The zero-order valence-corrected chi connectivity index (χ0v) is 19.2. The first-order valence-corrected chi connectivity index (χ1v) is 10.8. The average molecular weight is 460 g/mol. The van der Waals surface area contributed by atoms with Gasteiger partial charge in [0.15, 0.2) is 0 Å². The topological polar surface area (TPSA) is 61.9 Å². The van der Waals surface area contributed by atoms with Gasteiger partial charge in [-0.05, 0) is 31.0 Å². The van der Waals surface area contributed by atoms with Crippen molar-refractivity contribution in [1.82, 2.24) is 15.4 Å². The highest BCUT2D eigenvalue weighted by molar-refractivity contribution is 5.77. The summed E-state index contributed by atoms with van der Waals surface area (Å²) in [6, 6.07) is 9.60. The first-order valence-electron chi connectivity index (χ1n) is 10.8. The lowest BCUT2D eigenvalue weighted by Crippen LogP contribution is -2.35. The molecule has 0 aromatic carbocycles. The van der Waals surface area contributed by atoms with Gasteiger partial charge in [0.1, 0.15) is 5.69 Å². The highest BCUT2D eigenvalue weighted by atomic mass is 19.4. The van der Waals surface area contributed by atoms with Gasteiger partial charge in [-0.15, -0.1) is 0 Å². The molecule has 5 nitrogen and oxygen atoms in total. The Kier molecular flexibility index (Phi) is 7.37. The molecule has 8 heteroatoms.